The smallest absolute Gasteiger partial charge is 0.297 e. The second-order valence-corrected chi connectivity index (χ2v) is 15.3. The van der Waals surface area contributed by atoms with Crippen LogP contribution in [0.1, 0.15) is 31.9 Å². The molecule has 0 aliphatic rings. The first-order valence-electron chi connectivity index (χ1n) is 9.72. The second kappa shape index (κ2) is 9.00. The maximum Gasteiger partial charge on any atom is 0.297 e. The predicted molar refractivity (Wildman–Crippen MR) is 118 cm³/mol. The third-order valence-electron chi connectivity index (χ3n) is 5.30. The Bertz CT molecular complexity index is 898. The Labute approximate surface area is 175 Å². The molecule has 2 aromatic rings. The fraction of sp³-hybridized carbons (Fsp3) is 0.455. The van der Waals surface area contributed by atoms with E-state index in [9.17, 15) is 13.5 Å². The monoisotopic (exact) mass is 436 g/mol. The first-order valence-corrected chi connectivity index (χ1v) is 14.0. The van der Waals surface area contributed by atoms with Crippen molar-refractivity contribution in [2.24, 2.45) is 0 Å². The molecule has 0 radical (unpaired) electrons. The van der Waals surface area contributed by atoms with Crippen LogP contribution in [0.2, 0.25) is 18.1 Å². The van der Waals surface area contributed by atoms with Crippen LogP contribution in [0, 0.1) is 6.92 Å². The molecule has 0 unspecified atom stereocenters. The van der Waals surface area contributed by atoms with Gasteiger partial charge in [0.1, 0.15) is 5.75 Å². The summed E-state index contributed by atoms with van der Waals surface area (Å²) in [6, 6.07) is 14.0. The molecule has 1 atom stereocenters. The maximum atomic E-state index is 12.2. The Morgan fingerprint density at radius 1 is 1.00 bits per heavy atom. The summed E-state index contributed by atoms with van der Waals surface area (Å²) in [5.41, 5.74) is 1.85. The highest BCUT2D eigenvalue weighted by molar-refractivity contribution is 7.86. The summed E-state index contributed by atoms with van der Waals surface area (Å²) < 4.78 is 35.7. The van der Waals surface area contributed by atoms with Gasteiger partial charge in [-0.15, -0.1) is 0 Å². The first kappa shape index (κ1) is 23.6. The highest BCUT2D eigenvalue weighted by Crippen LogP contribution is 2.37. The van der Waals surface area contributed by atoms with E-state index in [1.807, 2.05) is 31.2 Å². The van der Waals surface area contributed by atoms with Crippen molar-refractivity contribution in [1.82, 2.24) is 0 Å². The topological polar surface area (TPSA) is 72.8 Å². The second-order valence-electron chi connectivity index (χ2n) is 8.92. The van der Waals surface area contributed by atoms with Crippen LogP contribution in [0.5, 0.6) is 5.75 Å². The lowest BCUT2D eigenvalue weighted by Gasteiger charge is -2.36. The van der Waals surface area contributed by atoms with Gasteiger partial charge in [-0.3, -0.25) is 4.18 Å². The van der Waals surface area contributed by atoms with E-state index in [0.717, 1.165) is 16.9 Å². The maximum absolute atomic E-state index is 12.2. The van der Waals surface area contributed by atoms with E-state index in [-0.39, 0.29) is 16.5 Å². The molecule has 160 valence electrons. The van der Waals surface area contributed by atoms with Crippen molar-refractivity contribution >= 4 is 18.4 Å². The van der Waals surface area contributed by atoms with Gasteiger partial charge in [0, 0.05) is 6.42 Å². The third-order valence-corrected chi connectivity index (χ3v) is 11.0. The van der Waals surface area contributed by atoms with Crippen molar-refractivity contribution in [3.8, 4) is 5.75 Å². The molecule has 2 rings (SSSR count). The summed E-state index contributed by atoms with van der Waals surface area (Å²) in [6.07, 6.45) is -0.633. The zero-order chi connectivity index (χ0) is 21.9. The molecule has 0 saturated heterocycles. The SMILES string of the molecule is Cc1ccc(S(=O)(=O)OC[C@@H](O)Cc2ccc(O[Si](C)(C)C(C)(C)C)cc2)cc1. The van der Waals surface area contributed by atoms with Crippen molar-refractivity contribution in [2.75, 3.05) is 6.61 Å². The van der Waals surface area contributed by atoms with Gasteiger partial charge >= 0.3 is 0 Å². The average Bonchev–Trinajstić information content (AvgIpc) is 2.61. The van der Waals surface area contributed by atoms with E-state index in [1.54, 1.807) is 12.1 Å². The van der Waals surface area contributed by atoms with Crippen LogP contribution in [-0.2, 0) is 20.7 Å². The number of aliphatic hydroxyl groups excluding tert-OH is 1. The zero-order valence-electron chi connectivity index (χ0n) is 18.1. The van der Waals surface area contributed by atoms with Gasteiger partial charge < -0.3 is 9.53 Å². The van der Waals surface area contributed by atoms with Crippen LogP contribution >= 0.6 is 0 Å². The molecule has 2 aromatic carbocycles. The molecule has 0 fully saturated rings. The van der Waals surface area contributed by atoms with E-state index in [2.05, 4.69) is 33.9 Å². The summed E-state index contributed by atoms with van der Waals surface area (Å²) in [5.74, 6) is 0.813. The molecule has 0 saturated carbocycles. The van der Waals surface area contributed by atoms with Crippen molar-refractivity contribution < 1.29 is 22.1 Å². The normalized spacial score (nSPS) is 13.9. The Balaban J connectivity index is 1.92. The van der Waals surface area contributed by atoms with Crippen LogP contribution in [0.25, 0.3) is 0 Å². The van der Waals surface area contributed by atoms with Crippen molar-refractivity contribution in [2.45, 2.75) is 63.2 Å². The fourth-order valence-electron chi connectivity index (χ4n) is 2.41. The van der Waals surface area contributed by atoms with Crippen molar-refractivity contribution in [1.29, 1.82) is 0 Å². The Hall–Kier alpha value is -1.67. The highest BCUT2D eigenvalue weighted by Gasteiger charge is 2.38. The summed E-state index contributed by atoms with van der Waals surface area (Å²) in [5, 5.41) is 10.3. The molecule has 0 spiro atoms. The molecule has 1 N–H and O–H groups in total. The van der Waals surface area contributed by atoms with E-state index in [4.69, 9.17) is 8.61 Å². The number of hydrogen-bond donors (Lipinski definition) is 1. The van der Waals surface area contributed by atoms with Crippen LogP contribution in [-0.4, -0.2) is 34.6 Å². The molecule has 29 heavy (non-hydrogen) atoms. The molecular weight excluding hydrogens is 404 g/mol. The fourth-order valence-corrected chi connectivity index (χ4v) is 4.39. The Kier molecular flexibility index (Phi) is 7.32. The quantitative estimate of drug-likeness (QED) is 0.480. The third kappa shape index (κ3) is 6.67. The Morgan fingerprint density at radius 3 is 2.07 bits per heavy atom. The van der Waals surface area contributed by atoms with Crippen LogP contribution in [0.4, 0.5) is 0 Å². The van der Waals surface area contributed by atoms with E-state index in [1.165, 1.54) is 12.1 Å². The zero-order valence-corrected chi connectivity index (χ0v) is 19.9. The van der Waals surface area contributed by atoms with E-state index in [0.29, 0.717) is 6.42 Å². The summed E-state index contributed by atoms with van der Waals surface area (Å²) in [4.78, 5) is 0.0856. The van der Waals surface area contributed by atoms with Gasteiger partial charge in [0.2, 0.25) is 8.32 Å². The molecule has 0 aromatic heterocycles. The molecule has 5 nitrogen and oxygen atoms in total. The largest absolute Gasteiger partial charge is 0.544 e. The number of hydrogen-bond acceptors (Lipinski definition) is 5. The van der Waals surface area contributed by atoms with Gasteiger partial charge in [-0.05, 0) is 54.9 Å². The minimum atomic E-state index is -3.88. The molecule has 0 heterocycles. The van der Waals surface area contributed by atoms with Crippen LogP contribution in [0.15, 0.2) is 53.4 Å². The average molecular weight is 437 g/mol. The molecule has 0 aliphatic carbocycles. The summed E-state index contributed by atoms with van der Waals surface area (Å²) >= 11 is 0. The number of benzene rings is 2. The first-order chi connectivity index (χ1) is 13.3. The molecular formula is C22H32O5SSi. The Morgan fingerprint density at radius 2 is 1.55 bits per heavy atom. The highest BCUT2D eigenvalue weighted by atomic mass is 32.2. The van der Waals surface area contributed by atoms with Gasteiger partial charge in [-0.25, -0.2) is 0 Å². The van der Waals surface area contributed by atoms with Crippen molar-refractivity contribution in [3.05, 3.63) is 59.7 Å². The number of rotatable bonds is 8. The number of aryl methyl sites for hydroxylation is 1. The molecule has 0 amide bonds. The standard InChI is InChI=1S/C22H32O5SSi/c1-17-7-13-21(14-8-17)28(24,25)26-16-19(23)15-18-9-11-20(12-10-18)27-29(5,6)22(2,3)4/h7-14,19,23H,15-16H2,1-6H3/t19-/m0/s1. The lowest BCUT2D eigenvalue weighted by molar-refractivity contribution is 0.111. The van der Waals surface area contributed by atoms with E-state index < -0.39 is 24.5 Å². The van der Waals surface area contributed by atoms with Crippen LogP contribution < -0.4 is 4.43 Å². The van der Waals surface area contributed by atoms with Gasteiger partial charge in [-0.1, -0.05) is 50.6 Å². The lowest BCUT2D eigenvalue weighted by Crippen LogP contribution is -2.43. The van der Waals surface area contributed by atoms with E-state index >= 15 is 0 Å². The van der Waals surface area contributed by atoms with Gasteiger partial charge in [0.25, 0.3) is 10.1 Å². The number of aliphatic hydroxyl groups is 1. The molecule has 7 heteroatoms. The minimum Gasteiger partial charge on any atom is -0.544 e. The predicted octanol–water partition coefficient (Wildman–Crippen LogP) is 4.69. The summed E-state index contributed by atoms with van der Waals surface area (Å²) in [7, 11) is -5.78. The lowest BCUT2D eigenvalue weighted by atomic mass is 10.1. The van der Waals surface area contributed by atoms with Gasteiger partial charge in [-0.2, -0.15) is 8.42 Å². The van der Waals surface area contributed by atoms with Gasteiger partial charge in [0.05, 0.1) is 17.6 Å². The van der Waals surface area contributed by atoms with Crippen LogP contribution in [0.3, 0.4) is 0 Å². The summed E-state index contributed by atoms with van der Waals surface area (Å²) in [6.45, 7) is 12.5. The van der Waals surface area contributed by atoms with Crippen molar-refractivity contribution in [3.63, 3.8) is 0 Å². The van der Waals surface area contributed by atoms with Gasteiger partial charge in [0.15, 0.2) is 0 Å². The molecule has 0 bridgehead atoms. The minimum absolute atomic E-state index is 0.0856. The molecule has 0 aliphatic heterocycles.